The second-order valence-corrected chi connectivity index (χ2v) is 7.48. The number of urea groups is 1. The second-order valence-electron chi connectivity index (χ2n) is 5.71. The summed E-state index contributed by atoms with van der Waals surface area (Å²) in [4.78, 5) is 28.9. The maximum atomic E-state index is 12.1. The summed E-state index contributed by atoms with van der Waals surface area (Å²) in [5.41, 5.74) is 0.978. The van der Waals surface area contributed by atoms with Gasteiger partial charge in [-0.15, -0.1) is 11.3 Å². The van der Waals surface area contributed by atoms with Gasteiger partial charge in [-0.25, -0.2) is 14.6 Å². The number of aromatic nitrogens is 1. The zero-order valence-electron chi connectivity index (χ0n) is 13.2. The number of benzene rings is 1. The van der Waals surface area contributed by atoms with Crippen molar-refractivity contribution < 1.29 is 14.7 Å². The number of carbonyl (C=O) groups is 2. The van der Waals surface area contributed by atoms with E-state index in [1.54, 1.807) is 5.38 Å². The normalized spacial score (nSPS) is 17.2. The quantitative estimate of drug-likeness (QED) is 0.697. The molecule has 1 aromatic heterocycles. The Hall–Kier alpha value is -2.13. The van der Waals surface area contributed by atoms with E-state index >= 15 is 0 Å². The molecule has 0 aliphatic carbocycles. The molecule has 2 aromatic rings. The van der Waals surface area contributed by atoms with Gasteiger partial charge in [-0.2, -0.15) is 0 Å². The highest BCUT2D eigenvalue weighted by atomic mass is 79.9. The standard InChI is InChI=1S/C16H17BrN4O3S/c17-11-5-3-10(4-6-11)14-19-13(9-25-14)20-15(22)18-12-2-1-7-21(8-12)16(23)24/h3-6,9,12H,1-2,7-8H2,(H,23,24)(H2,18,20,22)/t12-/m0/s1. The van der Waals surface area contributed by atoms with Gasteiger partial charge < -0.3 is 15.3 Å². The summed E-state index contributed by atoms with van der Waals surface area (Å²) >= 11 is 4.84. The maximum absolute atomic E-state index is 12.1. The highest BCUT2D eigenvalue weighted by Gasteiger charge is 2.24. The summed E-state index contributed by atoms with van der Waals surface area (Å²) in [6, 6.07) is 7.23. The molecule has 1 aromatic carbocycles. The average Bonchev–Trinajstić information content (AvgIpc) is 3.04. The van der Waals surface area contributed by atoms with Gasteiger partial charge >= 0.3 is 12.1 Å². The van der Waals surface area contributed by atoms with Crippen LogP contribution in [-0.4, -0.2) is 46.2 Å². The number of thiazole rings is 1. The highest BCUT2D eigenvalue weighted by molar-refractivity contribution is 9.10. The lowest BCUT2D eigenvalue weighted by molar-refractivity contribution is 0.127. The number of carbonyl (C=O) groups excluding carboxylic acids is 1. The van der Waals surface area contributed by atoms with Crippen LogP contribution in [0.2, 0.25) is 0 Å². The lowest BCUT2D eigenvalue weighted by Gasteiger charge is -2.31. The first-order valence-electron chi connectivity index (χ1n) is 7.78. The van der Waals surface area contributed by atoms with Crippen molar-refractivity contribution >= 4 is 45.2 Å². The Morgan fingerprint density at radius 3 is 2.80 bits per heavy atom. The van der Waals surface area contributed by atoms with Crippen molar-refractivity contribution in [2.24, 2.45) is 0 Å². The van der Waals surface area contributed by atoms with E-state index in [1.807, 2.05) is 24.3 Å². The van der Waals surface area contributed by atoms with Crippen molar-refractivity contribution in [3.05, 3.63) is 34.1 Å². The third-order valence-electron chi connectivity index (χ3n) is 3.86. The fourth-order valence-corrected chi connectivity index (χ4v) is 3.69. The van der Waals surface area contributed by atoms with Crippen molar-refractivity contribution in [3.8, 4) is 10.6 Å². The summed E-state index contributed by atoms with van der Waals surface area (Å²) in [5, 5.41) is 17.2. The molecule has 7 nitrogen and oxygen atoms in total. The second kappa shape index (κ2) is 7.83. The first kappa shape index (κ1) is 17.7. The molecule has 0 spiro atoms. The van der Waals surface area contributed by atoms with Crippen LogP contribution in [0.25, 0.3) is 10.6 Å². The monoisotopic (exact) mass is 424 g/mol. The third-order valence-corrected chi connectivity index (χ3v) is 5.28. The number of nitrogens with zero attached hydrogens (tertiary/aromatic N) is 2. The molecule has 3 rings (SSSR count). The molecule has 3 N–H and O–H groups in total. The van der Waals surface area contributed by atoms with Crippen LogP contribution < -0.4 is 10.6 Å². The summed E-state index contributed by atoms with van der Waals surface area (Å²) < 4.78 is 0.994. The van der Waals surface area contributed by atoms with Crippen LogP contribution in [0.4, 0.5) is 15.4 Å². The average molecular weight is 425 g/mol. The predicted molar refractivity (Wildman–Crippen MR) is 100 cm³/mol. The summed E-state index contributed by atoms with van der Waals surface area (Å²) in [7, 11) is 0. The molecule has 0 radical (unpaired) electrons. The van der Waals surface area contributed by atoms with Crippen LogP contribution in [0.5, 0.6) is 0 Å². The number of rotatable bonds is 3. The number of carboxylic acid groups (broad SMARTS) is 1. The van der Waals surface area contributed by atoms with E-state index in [2.05, 4.69) is 31.5 Å². The predicted octanol–water partition coefficient (Wildman–Crippen LogP) is 3.84. The van der Waals surface area contributed by atoms with Crippen LogP contribution in [0.3, 0.4) is 0 Å². The minimum atomic E-state index is -0.953. The topological polar surface area (TPSA) is 94.6 Å². The van der Waals surface area contributed by atoms with Crippen LogP contribution in [0.1, 0.15) is 12.8 Å². The Bertz CT molecular complexity index is 765. The van der Waals surface area contributed by atoms with Gasteiger partial charge in [-0.3, -0.25) is 5.32 Å². The van der Waals surface area contributed by atoms with Crippen LogP contribution in [-0.2, 0) is 0 Å². The van der Waals surface area contributed by atoms with Crippen LogP contribution >= 0.6 is 27.3 Å². The Morgan fingerprint density at radius 1 is 1.32 bits per heavy atom. The SMILES string of the molecule is O=C(Nc1csc(-c2ccc(Br)cc2)n1)N[C@H]1CCCN(C(=O)O)C1. The molecular formula is C16H17BrN4O3S. The molecule has 0 bridgehead atoms. The van der Waals surface area contributed by atoms with Gasteiger partial charge in [0.25, 0.3) is 0 Å². The molecular weight excluding hydrogens is 408 g/mol. The summed E-state index contributed by atoms with van der Waals surface area (Å²) in [6.45, 7) is 0.821. The first-order valence-corrected chi connectivity index (χ1v) is 9.45. The molecule has 132 valence electrons. The minimum Gasteiger partial charge on any atom is -0.465 e. The molecule has 0 unspecified atom stereocenters. The van der Waals surface area contributed by atoms with Crippen molar-refractivity contribution in [1.29, 1.82) is 0 Å². The van der Waals surface area contributed by atoms with Crippen LogP contribution in [0, 0.1) is 0 Å². The van der Waals surface area contributed by atoms with Gasteiger partial charge in [0.05, 0.1) is 0 Å². The van der Waals surface area contributed by atoms with Gasteiger partial charge in [-0.05, 0) is 25.0 Å². The van der Waals surface area contributed by atoms with E-state index in [4.69, 9.17) is 5.11 Å². The van der Waals surface area contributed by atoms with E-state index in [0.29, 0.717) is 18.9 Å². The number of nitrogens with one attached hydrogen (secondary N) is 2. The maximum Gasteiger partial charge on any atom is 0.407 e. The molecule has 3 amide bonds. The zero-order valence-corrected chi connectivity index (χ0v) is 15.6. The Balaban J connectivity index is 1.56. The zero-order chi connectivity index (χ0) is 17.8. The Kier molecular flexibility index (Phi) is 5.54. The van der Waals surface area contributed by atoms with E-state index in [9.17, 15) is 9.59 Å². The molecule has 1 aliphatic rings. The molecule has 25 heavy (non-hydrogen) atoms. The van der Waals surface area contributed by atoms with Gasteiger partial charge in [0.1, 0.15) is 10.8 Å². The number of likely N-dealkylation sites (tertiary alicyclic amines) is 1. The lowest BCUT2D eigenvalue weighted by atomic mass is 10.1. The van der Waals surface area contributed by atoms with Crippen molar-refractivity contribution in [2.75, 3.05) is 18.4 Å². The Labute approximate surface area is 157 Å². The Morgan fingerprint density at radius 2 is 2.08 bits per heavy atom. The van der Waals surface area contributed by atoms with Gasteiger partial charge in [0.15, 0.2) is 0 Å². The number of amides is 3. The largest absolute Gasteiger partial charge is 0.465 e. The number of piperidine rings is 1. The van der Waals surface area contributed by atoms with Crippen LogP contribution in [0.15, 0.2) is 34.1 Å². The van der Waals surface area contributed by atoms with Crippen molar-refractivity contribution in [2.45, 2.75) is 18.9 Å². The van der Waals surface area contributed by atoms with Gasteiger partial charge in [0.2, 0.25) is 0 Å². The number of halogens is 1. The number of anilines is 1. The minimum absolute atomic E-state index is 0.186. The van der Waals surface area contributed by atoms with E-state index in [1.165, 1.54) is 16.2 Å². The highest BCUT2D eigenvalue weighted by Crippen LogP contribution is 2.27. The lowest BCUT2D eigenvalue weighted by Crippen LogP contribution is -2.50. The molecule has 2 heterocycles. The van der Waals surface area contributed by atoms with Crippen molar-refractivity contribution in [1.82, 2.24) is 15.2 Å². The molecule has 1 fully saturated rings. The summed E-state index contributed by atoms with van der Waals surface area (Å²) in [5.74, 6) is 0.478. The molecule has 1 saturated heterocycles. The molecule has 0 saturated carbocycles. The van der Waals surface area contributed by atoms with E-state index in [-0.39, 0.29) is 12.1 Å². The third kappa shape index (κ3) is 4.70. The smallest absolute Gasteiger partial charge is 0.407 e. The fraction of sp³-hybridized carbons (Fsp3) is 0.312. The van der Waals surface area contributed by atoms with E-state index in [0.717, 1.165) is 27.9 Å². The molecule has 1 atom stereocenters. The number of hydrogen-bond acceptors (Lipinski definition) is 4. The first-order chi connectivity index (χ1) is 12.0. The number of hydrogen-bond donors (Lipinski definition) is 3. The van der Waals surface area contributed by atoms with Gasteiger partial charge in [0, 0.05) is 34.5 Å². The van der Waals surface area contributed by atoms with Gasteiger partial charge in [-0.1, -0.05) is 28.1 Å². The molecule has 1 aliphatic heterocycles. The summed E-state index contributed by atoms with van der Waals surface area (Å²) in [6.07, 6.45) is 0.547. The van der Waals surface area contributed by atoms with E-state index < -0.39 is 6.09 Å². The fourth-order valence-electron chi connectivity index (χ4n) is 2.66. The van der Waals surface area contributed by atoms with Crippen molar-refractivity contribution in [3.63, 3.8) is 0 Å². The molecule has 9 heteroatoms.